The standard InChI is InChI=1S/C12H20N4O/c17-12-9-11(3-1-4-15-12)14-5-2-7-16-8-6-13-10-16/h6,8,10-11,14H,1-5,7,9H2,(H,15,17). The van der Waals surface area contributed by atoms with Crippen LogP contribution in [0, 0.1) is 0 Å². The highest BCUT2D eigenvalue weighted by Crippen LogP contribution is 2.05. The Labute approximate surface area is 102 Å². The molecule has 0 bridgehead atoms. The zero-order valence-corrected chi connectivity index (χ0v) is 10.1. The molecule has 2 N–H and O–H groups in total. The molecule has 2 heterocycles. The van der Waals surface area contributed by atoms with E-state index in [4.69, 9.17) is 0 Å². The number of aryl methyl sites for hydroxylation is 1. The molecule has 1 saturated heterocycles. The maximum absolute atomic E-state index is 11.3. The fraction of sp³-hybridized carbons (Fsp3) is 0.667. The van der Waals surface area contributed by atoms with E-state index in [2.05, 4.69) is 20.2 Å². The first kappa shape index (κ1) is 12.1. The lowest BCUT2D eigenvalue weighted by atomic mass is 10.1. The van der Waals surface area contributed by atoms with Gasteiger partial charge in [0.15, 0.2) is 0 Å². The third kappa shape index (κ3) is 4.19. The highest BCUT2D eigenvalue weighted by atomic mass is 16.1. The molecule has 0 aliphatic carbocycles. The summed E-state index contributed by atoms with van der Waals surface area (Å²) in [6.07, 6.45) is 9.44. The Kier molecular flexibility index (Phi) is 4.55. The van der Waals surface area contributed by atoms with Crippen LogP contribution in [0.25, 0.3) is 0 Å². The summed E-state index contributed by atoms with van der Waals surface area (Å²) < 4.78 is 2.07. The molecule has 1 aromatic heterocycles. The quantitative estimate of drug-likeness (QED) is 0.733. The molecule has 94 valence electrons. The Morgan fingerprint density at radius 1 is 1.59 bits per heavy atom. The zero-order valence-electron chi connectivity index (χ0n) is 10.1. The van der Waals surface area contributed by atoms with Crippen LogP contribution in [0.5, 0.6) is 0 Å². The Hall–Kier alpha value is -1.36. The molecule has 0 spiro atoms. The van der Waals surface area contributed by atoms with E-state index in [1.54, 1.807) is 6.20 Å². The third-order valence-electron chi connectivity index (χ3n) is 3.07. The van der Waals surface area contributed by atoms with E-state index in [0.717, 1.165) is 38.9 Å². The van der Waals surface area contributed by atoms with Crippen LogP contribution in [0.3, 0.4) is 0 Å². The lowest BCUT2D eigenvalue weighted by molar-refractivity contribution is -0.121. The van der Waals surface area contributed by atoms with Gasteiger partial charge in [0.2, 0.25) is 5.91 Å². The number of rotatable bonds is 5. The summed E-state index contributed by atoms with van der Waals surface area (Å²) in [6, 6.07) is 0.347. The van der Waals surface area contributed by atoms with Crippen LogP contribution < -0.4 is 10.6 Å². The van der Waals surface area contributed by atoms with Gasteiger partial charge < -0.3 is 15.2 Å². The van der Waals surface area contributed by atoms with E-state index < -0.39 is 0 Å². The molecule has 2 rings (SSSR count). The maximum Gasteiger partial charge on any atom is 0.221 e. The first-order valence-electron chi connectivity index (χ1n) is 6.30. The van der Waals surface area contributed by atoms with Gasteiger partial charge >= 0.3 is 0 Å². The molecule has 1 unspecified atom stereocenters. The molecule has 0 saturated carbocycles. The maximum atomic E-state index is 11.3. The topological polar surface area (TPSA) is 59.0 Å². The van der Waals surface area contributed by atoms with Gasteiger partial charge in [0.05, 0.1) is 6.33 Å². The van der Waals surface area contributed by atoms with Crippen LogP contribution in [-0.2, 0) is 11.3 Å². The van der Waals surface area contributed by atoms with Gasteiger partial charge in [-0.1, -0.05) is 0 Å². The molecule has 1 atom stereocenters. The zero-order chi connectivity index (χ0) is 11.9. The normalized spacial score (nSPS) is 20.9. The summed E-state index contributed by atoms with van der Waals surface area (Å²) in [4.78, 5) is 15.4. The van der Waals surface area contributed by atoms with Crippen molar-refractivity contribution in [2.45, 2.75) is 38.3 Å². The van der Waals surface area contributed by atoms with E-state index in [-0.39, 0.29) is 5.91 Å². The number of imidazole rings is 1. The van der Waals surface area contributed by atoms with Crippen LogP contribution in [0.1, 0.15) is 25.7 Å². The van der Waals surface area contributed by atoms with E-state index in [9.17, 15) is 4.79 Å². The minimum Gasteiger partial charge on any atom is -0.356 e. The van der Waals surface area contributed by atoms with Crippen LogP contribution in [0.15, 0.2) is 18.7 Å². The minimum atomic E-state index is 0.176. The Morgan fingerprint density at radius 2 is 2.53 bits per heavy atom. The van der Waals surface area contributed by atoms with Crippen LogP contribution in [-0.4, -0.2) is 34.6 Å². The molecule has 0 aromatic carbocycles. The molecular weight excluding hydrogens is 216 g/mol. The fourth-order valence-corrected chi connectivity index (χ4v) is 2.14. The van der Waals surface area contributed by atoms with E-state index in [0.29, 0.717) is 12.5 Å². The number of nitrogens with zero attached hydrogens (tertiary/aromatic N) is 2. The predicted octanol–water partition coefficient (Wildman–Crippen LogP) is 0.531. The van der Waals surface area contributed by atoms with Crippen molar-refractivity contribution in [1.82, 2.24) is 20.2 Å². The third-order valence-corrected chi connectivity index (χ3v) is 3.07. The summed E-state index contributed by atoms with van der Waals surface area (Å²) >= 11 is 0. The fourth-order valence-electron chi connectivity index (χ4n) is 2.14. The van der Waals surface area contributed by atoms with Crippen molar-refractivity contribution >= 4 is 5.91 Å². The number of aromatic nitrogens is 2. The van der Waals surface area contributed by atoms with Crippen molar-refractivity contribution in [3.05, 3.63) is 18.7 Å². The van der Waals surface area contributed by atoms with E-state index in [1.165, 1.54) is 0 Å². The average Bonchev–Trinajstić information content (AvgIpc) is 2.74. The Bertz CT molecular complexity index is 336. The summed E-state index contributed by atoms with van der Waals surface area (Å²) in [5, 5.41) is 6.36. The number of hydrogen-bond donors (Lipinski definition) is 2. The molecule has 5 heteroatoms. The van der Waals surface area contributed by atoms with Crippen LogP contribution in [0.4, 0.5) is 0 Å². The summed E-state index contributed by atoms with van der Waals surface area (Å²) in [7, 11) is 0. The molecule has 1 fully saturated rings. The van der Waals surface area contributed by atoms with E-state index in [1.807, 2.05) is 12.5 Å². The summed E-state index contributed by atoms with van der Waals surface area (Å²) in [6.45, 7) is 2.76. The largest absolute Gasteiger partial charge is 0.356 e. The van der Waals surface area contributed by atoms with Crippen molar-refractivity contribution in [2.75, 3.05) is 13.1 Å². The summed E-state index contributed by atoms with van der Waals surface area (Å²) in [5.41, 5.74) is 0. The van der Waals surface area contributed by atoms with Gasteiger partial charge in [0.1, 0.15) is 0 Å². The van der Waals surface area contributed by atoms with Crippen LogP contribution in [0.2, 0.25) is 0 Å². The smallest absolute Gasteiger partial charge is 0.221 e. The van der Waals surface area contributed by atoms with Crippen molar-refractivity contribution < 1.29 is 4.79 Å². The molecule has 1 aromatic rings. The van der Waals surface area contributed by atoms with Gasteiger partial charge in [0, 0.05) is 37.9 Å². The van der Waals surface area contributed by atoms with Gasteiger partial charge in [0.25, 0.3) is 0 Å². The van der Waals surface area contributed by atoms with Gasteiger partial charge in [-0.3, -0.25) is 4.79 Å². The highest BCUT2D eigenvalue weighted by molar-refractivity contribution is 5.76. The Morgan fingerprint density at radius 3 is 3.35 bits per heavy atom. The highest BCUT2D eigenvalue weighted by Gasteiger charge is 2.15. The van der Waals surface area contributed by atoms with Crippen molar-refractivity contribution in [3.8, 4) is 0 Å². The first-order chi connectivity index (χ1) is 8.34. The number of carbonyl (C=O) groups is 1. The molecule has 5 nitrogen and oxygen atoms in total. The number of hydrogen-bond acceptors (Lipinski definition) is 3. The van der Waals surface area contributed by atoms with Gasteiger partial charge in [-0.05, 0) is 25.8 Å². The second-order valence-corrected chi connectivity index (χ2v) is 4.50. The van der Waals surface area contributed by atoms with Gasteiger partial charge in [-0.25, -0.2) is 4.98 Å². The Balaban J connectivity index is 1.62. The second kappa shape index (κ2) is 6.39. The SMILES string of the molecule is O=C1CC(NCCCn2ccnc2)CCCN1. The molecule has 1 aliphatic rings. The number of amides is 1. The van der Waals surface area contributed by atoms with Crippen molar-refractivity contribution in [1.29, 1.82) is 0 Å². The van der Waals surface area contributed by atoms with Crippen molar-refractivity contribution in [2.24, 2.45) is 0 Å². The number of nitrogens with one attached hydrogen (secondary N) is 2. The molecule has 17 heavy (non-hydrogen) atoms. The second-order valence-electron chi connectivity index (χ2n) is 4.50. The summed E-state index contributed by atoms with van der Waals surface area (Å²) in [5.74, 6) is 0.176. The molecular formula is C12H20N4O. The molecule has 0 radical (unpaired) electrons. The molecule has 1 amide bonds. The van der Waals surface area contributed by atoms with Crippen molar-refractivity contribution in [3.63, 3.8) is 0 Å². The van der Waals surface area contributed by atoms with Gasteiger partial charge in [-0.15, -0.1) is 0 Å². The minimum absolute atomic E-state index is 0.176. The predicted molar refractivity (Wildman–Crippen MR) is 65.5 cm³/mol. The van der Waals surface area contributed by atoms with Crippen LogP contribution >= 0.6 is 0 Å². The molecule has 1 aliphatic heterocycles. The lowest BCUT2D eigenvalue weighted by Gasteiger charge is -2.14. The van der Waals surface area contributed by atoms with Gasteiger partial charge in [-0.2, -0.15) is 0 Å². The first-order valence-corrected chi connectivity index (χ1v) is 6.30. The monoisotopic (exact) mass is 236 g/mol. The lowest BCUT2D eigenvalue weighted by Crippen LogP contribution is -2.33. The average molecular weight is 236 g/mol. The van der Waals surface area contributed by atoms with E-state index >= 15 is 0 Å². The number of carbonyl (C=O) groups excluding carboxylic acids is 1.